The second-order valence-electron chi connectivity index (χ2n) is 6.11. The van der Waals surface area contributed by atoms with Crippen LogP contribution in [0.3, 0.4) is 0 Å². The molecule has 5 heteroatoms. The number of aryl methyl sites for hydroxylation is 1. The first-order valence-electron chi connectivity index (χ1n) is 7.83. The Labute approximate surface area is 132 Å². The highest BCUT2D eigenvalue weighted by Gasteiger charge is 2.16. The second kappa shape index (κ2) is 7.40. The molecule has 1 aromatic carbocycles. The molecule has 2 N–H and O–H groups in total. The summed E-state index contributed by atoms with van der Waals surface area (Å²) in [5.41, 5.74) is 2.27. The van der Waals surface area contributed by atoms with Crippen LogP contribution in [-0.2, 0) is 4.79 Å². The van der Waals surface area contributed by atoms with E-state index in [2.05, 4.69) is 10.6 Å². The van der Waals surface area contributed by atoms with Crippen molar-refractivity contribution in [3.05, 3.63) is 29.3 Å². The van der Waals surface area contributed by atoms with Crippen molar-refractivity contribution in [2.75, 3.05) is 26.0 Å². The van der Waals surface area contributed by atoms with E-state index in [0.29, 0.717) is 18.0 Å². The third-order valence-corrected chi connectivity index (χ3v) is 4.05. The fourth-order valence-electron chi connectivity index (χ4n) is 2.67. The van der Waals surface area contributed by atoms with Gasteiger partial charge in [-0.15, -0.1) is 0 Å². The molecule has 1 aliphatic heterocycles. The number of carbonyl (C=O) groups excluding carboxylic acids is 2. The lowest BCUT2D eigenvalue weighted by Crippen LogP contribution is -2.24. The maximum absolute atomic E-state index is 12.1. The van der Waals surface area contributed by atoms with Gasteiger partial charge in [0.15, 0.2) is 0 Å². The number of hydrogen-bond donors (Lipinski definition) is 2. The first kappa shape index (κ1) is 16.5. The van der Waals surface area contributed by atoms with Crippen LogP contribution in [-0.4, -0.2) is 43.4 Å². The van der Waals surface area contributed by atoms with Crippen molar-refractivity contribution in [3.63, 3.8) is 0 Å². The highest BCUT2D eigenvalue weighted by Crippen LogP contribution is 2.19. The largest absolute Gasteiger partial charge is 0.345 e. The Kier molecular flexibility index (Phi) is 5.55. The Hall–Kier alpha value is -1.88. The Morgan fingerprint density at radius 1 is 1.36 bits per heavy atom. The average molecular weight is 303 g/mol. The van der Waals surface area contributed by atoms with E-state index in [9.17, 15) is 9.59 Å². The third-order valence-electron chi connectivity index (χ3n) is 4.05. The first-order chi connectivity index (χ1) is 10.5. The molecule has 0 radical (unpaired) electrons. The van der Waals surface area contributed by atoms with Gasteiger partial charge in [-0.05, 0) is 50.4 Å². The minimum absolute atomic E-state index is 0.00579. The lowest BCUT2D eigenvalue weighted by Gasteiger charge is -2.14. The van der Waals surface area contributed by atoms with E-state index < -0.39 is 0 Å². The van der Waals surface area contributed by atoms with Crippen molar-refractivity contribution in [2.24, 2.45) is 0 Å². The molecule has 1 heterocycles. The van der Waals surface area contributed by atoms with Gasteiger partial charge in [-0.1, -0.05) is 6.07 Å². The van der Waals surface area contributed by atoms with Crippen molar-refractivity contribution in [2.45, 2.75) is 38.6 Å². The fraction of sp³-hybridized carbons (Fsp3) is 0.529. The minimum Gasteiger partial charge on any atom is -0.345 e. The predicted octanol–water partition coefficient (Wildman–Crippen LogP) is 2.17. The predicted molar refractivity (Wildman–Crippen MR) is 88.1 cm³/mol. The summed E-state index contributed by atoms with van der Waals surface area (Å²) in [6.45, 7) is 2.98. The van der Waals surface area contributed by atoms with Crippen LogP contribution in [0, 0.1) is 6.92 Å². The van der Waals surface area contributed by atoms with Crippen molar-refractivity contribution in [1.82, 2.24) is 10.2 Å². The van der Waals surface area contributed by atoms with Crippen LogP contribution in [0.4, 0.5) is 5.69 Å². The van der Waals surface area contributed by atoms with Gasteiger partial charge in [-0.3, -0.25) is 9.59 Å². The van der Waals surface area contributed by atoms with E-state index in [4.69, 9.17) is 0 Å². The number of rotatable bonds is 5. The zero-order valence-electron chi connectivity index (χ0n) is 13.6. The van der Waals surface area contributed by atoms with E-state index in [1.165, 1.54) is 11.3 Å². The maximum Gasteiger partial charge on any atom is 0.253 e. The number of nitrogens with one attached hydrogen (secondary N) is 2. The number of benzene rings is 1. The molecule has 1 saturated heterocycles. The second-order valence-corrected chi connectivity index (χ2v) is 6.11. The van der Waals surface area contributed by atoms with E-state index in [1.54, 1.807) is 26.2 Å². The third kappa shape index (κ3) is 4.31. The smallest absolute Gasteiger partial charge is 0.253 e. The van der Waals surface area contributed by atoms with Crippen LogP contribution in [0.25, 0.3) is 0 Å². The number of hydrogen-bond acceptors (Lipinski definition) is 3. The molecular weight excluding hydrogens is 278 g/mol. The summed E-state index contributed by atoms with van der Waals surface area (Å²) in [5, 5.41) is 6.32. The molecule has 0 aromatic heterocycles. The molecule has 5 nitrogen and oxygen atoms in total. The molecule has 0 saturated carbocycles. The topological polar surface area (TPSA) is 61.4 Å². The molecule has 2 rings (SSSR count). The molecular formula is C17H25N3O2. The summed E-state index contributed by atoms with van der Waals surface area (Å²) in [6.07, 6.45) is 3.71. The quantitative estimate of drug-likeness (QED) is 0.876. The zero-order chi connectivity index (χ0) is 16.1. The molecule has 1 aromatic rings. The molecule has 0 spiro atoms. The Morgan fingerprint density at radius 2 is 2.14 bits per heavy atom. The number of anilines is 1. The summed E-state index contributed by atoms with van der Waals surface area (Å²) in [5.74, 6) is -0.0584. The first-order valence-corrected chi connectivity index (χ1v) is 7.83. The average Bonchev–Trinajstić information content (AvgIpc) is 3.00. The van der Waals surface area contributed by atoms with E-state index in [0.717, 1.165) is 30.6 Å². The van der Waals surface area contributed by atoms with Crippen LogP contribution in [0.5, 0.6) is 0 Å². The molecule has 1 atom stereocenters. The van der Waals surface area contributed by atoms with Crippen molar-refractivity contribution < 1.29 is 9.59 Å². The van der Waals surface area contributed by atoms with Crippen LogP contribution in [0.15, 0.2) is 18.2 Å². The zero-order valence-corrected chi connectivity index (χ0v) is 13.6. The van der Waals surface area contributed by atoms with Crippen LogP contribution in [0.1, 0.15) is 41.6 Å². The van der Waals surface area contributed by atoms with Gasteiger partial charge in [0, 0.05) is 37.8 Å². The van der Waals surface area contributed by atoms with Crippen LogP contribution in [0.2, 0.25) is 0 Å². The van der Waals surface area contributed by atoms with Crippen LogP contribution >= 0.6 is 0 Å². The lowest BCUT2D eigenvalue weighted by atomic mass is 10.1. The highest BCUT2D eigenvalue weighted by molar-refractivity contribution is 5.97. The molecule has 2 amide bonds. The monoisotopic (exact) mass is 303 g/mol. The van der Waals surface area contributed by atoms with Gasteiger partial charge in [-0.25, -0.2) is 0 Å². The number of amides is 2. The standard InChI is InChI=1S/C17H25N3O2/c1-12-6-7-13(17(22)20(2)3)11-15(12)19-16(21)9-8-14-5-4-10-18-14/h6-7,11,14,18H,4-5,8-10H2,1-3H3,(H,19,21). The van der Waals surface area contributed by atoms with Gasteiger partial charge in [0.2, 0.25) is 5.91 Å². The van der Waals surface area contributed by atoms with Crippen molar-refractivity contribution in [1.29, 1.82) is 0 Å². The molecule has 1 fully saturated rings. The molecule has 120 valence electrons. The molecule has 0 aliphatic carbocycles. The van der Waals surface area contributed by atoms with Gasteiger partial charge in [0.25, 0.3) is 5.91 Å². The Balaban J connectivity index is 1.97. The van der Waals surface area contributed by atoms with E-state index >= 15 is 0 Å². The number of nitrogens with zero attached hydrogens (tertiary/aromatic N) is 1. The summed E-state index contributed by atoms with van der Waals surface area (Å²) >= 11 is 0. The maximum atomic E-state index is 12.1. The summed E-state index contributed by atoms with van der Waals surface area (Å²) in [7, 11) is 3.43. The summed E-state index contributed by atoms with van der Waals surface area (Å²) < 4.78 is 0. The van der Waals surface area contributed by atoms with E-state index in [-0.39, 0.29) is 11.8 Å². The van der Waals surface area contributed by atoms with Gasteiger partial charge in [0.1, 0.15) is 0 Å². The molecule has 1 unspecified atom stereocenters. The Bertz CT molecular complexity index is 549. The van der Waals surface area contributed by atoms with Gasteiger partial charge in [0.05, 0.1) is 0 Å². The van der Waals surface area contributed by atoms with Gasteiger partial charge in [-0.2, -0.15) is 0 Å². The van der Waals surface area contributed by atoms with Crippen molar-refractivity contribution >= 4 is 17.5 Å². The normalized spacial score (nSPS) is 17.3. The van der Waals surface area contributed by atoms with Crippen LogP contribution < -0.4 is 10.6 Å². The summed E-state index contributed by atoms with van der Waals surface area (Å²) in [4.78, 5) is 25.6. The van der Waals surface area contributed by atoms with Gasteiger partial charge < -0.3 is 15.5 Å². The number of carbonyl (C=O) groups is 2. The molecule has 0 bridgehead atoms. The van der Waals surface area contributed by atoms with Crippen molar-refractivity contribution in [3.8, 4) is 0 Å². The fourth-order valence-corrected chi connectivity index (χ4v) is 2.67. The SMILES string of the molecule is Cc1ccc(C(=O)N(C)C)cc1NC(=O)CCC1CCCN1. The minimum atomic E-state index is -0.0642. The molecule has 22 heavy (non-hydrogen) atoms. The van der Waals surface area contributed by atoms with E-state index in [1.807, 2.05) is 13.0 Å². The molecule has 1 aliphatic rings. The lowest BCUT2D eigenvalue weighted by molar-refractivity contribution is -0.116. The summed E-state index contributed by atoms with van der Waals surface area (Å²) in [6, 6.07) is 5.87. The van der Waals surface area contributed by atoms with Gasteiger partial charge >= 0.3 is 0 Å². The Morgan fingerprint density at radius 3 is 2.77 bits per heavy atom. The highest BCUT2D eigenvalue weighted by atomic mass is 16.2.